The Morgan fingerprint density at radius 2 is 1.59 bits per heavy atom. The maximum atomic E-state index is 10.4. The van der Waals surface area contributed by atoms with Crippen LogP contribution in [0.3, 0.4) is 0 Å². The minimum Gasteiger partial charge on any atom is -0.478 e. The van der Waals surface area contributed by atoms with Gasteiger partial charge in [0.05, 0.1) is 5.56 Å². The van der Waals surface area contributed by atoms with E-state index in [4.69, 9.17) is 28.4 Å². The molecule has 0 fully saturated rings. The van der Waals surface area contributed by atoms with Gasteiger partial charge in [0, 0.05) is 0 Å². The summed E-state index contributed by atoms with van der Waals surface area (Å²) in [7, 11) is -4.67. The molecule has 0 heterocycles. The molecule has 0 spiro atoms. The third kappa shape index (κ3) is 9.45. The van der Waals surface area contributed by atoms with Crippen molar-refractivity contribution in [1.29, 1.82) is 0 Å². The molecule has 0 aromatic heterocycles. The summed E-state index contributed by atoms with van der Waals surface area (Å²) in [5, 5.41) is 8.58. The van der Waals surface area contributed by atoms with E-state index in [1.165, 1.54) is 0 Å². The van der Waals surface area contributed by atoms with Crippen molar-refractivity contribution in [1.82, 2.24) is 0 Å². The molecule has 0 amide bonds. The molecule has 0 saturated carbocycles. The number of benzene rings is 1. The Hall–Kier alpha value is -1.48. The molecule has 0 atom stereocenters. The van der Waals surface area contributed by atoms with Crippen molar-refractivity contribution in [3.63, 3.8) is 0 Å². The van der Waals surface area contributed by atoms with Crippen LogP contribution in [0.5, 0.6) is 0 Å². The second-order valence-corrected chi connectivity index (χ2v) is 3.88. The highest BCUT2D eigenvalue weighted by Gasteiger charge is 2.00. The number of hydrogen-bond donors (Lipinski definition) is 4. The van der Waals surface area contributed by atoms with Crippen LogP contribution in [-0.4, -0.2) is 35.1 Å². The van der Waals surface area contributed by atoms with E-state index in [0.29, 0.717) is 12.1 Å². The zero-order chi connectivity index (χ0) is 13.5. The molecular weight excluding hydrogens is 250 g/mol. The highest BCUT2D eigenvalue weighted by Crippen LogP contribution is 2.04. The van der Waals surface area contributed by atoms with Crippen LogP contribution >= 0.6 is 0 Å². The minimum atomic E-state index is -4.67. The second-order valence-electron chi connectivity index (χ2n) is 2.99. The van der Waals surface area contributed by atoms with E-state index in [1.54, 1.807) is 24.3 Å². The Morgan fingerprint density at radius 3 is 1.88 bits per heavy atom. The summed E-state index contributed by atoms with van der Waals surface area (Å²) in [6.45, 7) is 0.590. The molecule has 1 rings (SSSR count). The lowest BCUT2D eigenvalue weighted by Gasteiger charge is -1.98. The molecule has 8 heteroatoms. The predicted molar refractivity (Wildman–Crippen MR) is 60.3 cm³/mol. The van der Waals surface area contributed by atoms with Crippen molar-refractivity contribution in [3.8, 4) is 0 Å². The van der Waals surface area contributed by atoms with E-state index in [2.05, 4.69) is 0 Å². The fourth-order valence-corrected chi connectivity index (χ4v) is 0.981. The summed E-state index contributed by atoms with van der Waals surface area (Å²) in [5.74, 6) is -0.894. The molecule has 5 N–H and O–H groups in total. The van der Waals surface area contributed by atoms with Gasteiger partial charge in [-0.3, -0.25) is 9.11 Å². The number of hydrogen-bond acceptors (Lipinski definition) is 4. The normalized spacial score (nSPS) is 10.3. The molecular formula is C9H13NO6S. The van der Waals surface area contributed by atoms with E-state index >= 15 is 0 Å². The molecule has 0 bridgehead atoms. The first-order valence-electron chi connectivity index (χ1n) is 4.46. The SMILES string of the molecule is NCCc1ccc(C(=O)O)cc1.O=S(=O)(O)O. The highest BCUT2D eigenvalue weighted by molar-refractivity contribution is 7.79. The first kappa shape index (κ1) is 15.5. The monoisotopic (exact) mass is 263 g/mol. The van der Waals surface area contributed by atoms with Gasteiger partial charge in [-0.05, 0) is 30.7 Å². The fraction of sp³-hybridized carbons (Fsp3) is 0.222. The molecule has 0 aliphatic rings. The van der Waals surface area contributed by atoms with Crippen LogP contribution in [0.2, 0.25) is 0 Å². The minimum absolute atomic E-state index is 0.316. The largest absolute Gasteiger partial charge is 0.478 e. The number of aromatic carboxylic acids is 1. The number of carbonyl (C=O) groups is 1. The van der Waals surface area contributed by atoms with Crippen LogP contribution in [0, 0.1) is 0 Å². The first-order chi connectivity index (χ1) is 7.74. The molecule has 0 radical (unpaired) electrons. The quantitative estimate of drug-likeness (QED) is 0.572. The van der Waals surface area contributed by atoms with Crippen molar-refractivity contribution in [2.75, 3.05) is 6.54 Å². The molecule has 0 unspecified atom stereocenters. The molecule has 96 valence electrons. The highest BCUT2D eigenvalue weighted by atomic mass is 32.3. The Balaban J connectivity index is 0.000000437. The van der Waals surface area contributed by atoms with E-state index in [-0.39, 0.29) is 0 Å². The maximum absolute atomic E-state index is 10.4. The Bertz CT molecular complexity index is 445. The molecule has 0 aliphatic heterocycles. The molecule has 1 aromatic carbocycles. The van der Waals surface area contributed by atoms with Gasteiger partial charge in [-0.25, -0.2) is 4.79 Å². The van der Waals surface area contributed by atoms with Gasteiger partial charge in [-0.15, -0.1) is 0 Å². The van der Waals surface area contributed by atoms with Crippen LogP contribution in [0.1, 0.15) is 15.9 Å². The lowest BCUT2D eigenvalue weighted by atomic mass is 10.1. The van der Waals surface area contributed by atoms with Crippen molar-refractivity contribution >= 4 is 16.4 Å². The smallest absolute Gasteiger partial charge is 0.394 e. The van der Waals surface area contributed by atoms with E-state index in [1.807, 2.05) is 0 Å². The average molecular weight is 263 g/mol. The molecule has 0 saturated heterocycles. The summed E-state index contributed by atoms with van der Waals surface area (Å²) in [4.78, 5) is 10.4. The standard InChI is InChI=1S/C9H11NO2.H2O4S/c10-6-5-7-1-3-8(4-2-7)9(11)12;1-5(2,3)4/h1-4H,5-6,10H2,(H,11,12);(H2,1,2,3,4). The lowest BCUT2D eigenvalue weighted by molar-refractivity contribution is 0.0697. The van der Waals surface area contributed by atoms with Gasteiger partial charge in [0.25, 0.3) is 0 Å². The average Bonchev–Trinajstić information content (AvgIpc) is 2.16. The summed E-state index contributed by atoms with van der Waals surface area (Å²) in [6, 6.07) is 6.76. The zero-order valence-electron chi connectivity index (χ0n) is 8.78. The molecule has 0 aliphatic carbocycles. The van der Waals surface area contributed by atoms with Gasteiger partial charge in [0.1, 0.15) is 0 Å². The van der Waals surface area contributed by atoms with Gasteiger partial charge >= 0.3 is 16.4 Å². The van der Waals surface area contributed by atoms with Crippen LogP contribution in [-0.2, 0) is 16.8 Å². The number of rotatable bonds is 3. The predicted octanol–water partition coefficient (Wildman–Crippen LogP) is 0.233. The van der Waals surface area contributed by atoms with E-state index in [9.17, 15) is 4.79 Å². The van der Waals surface area contributed by atoms with Crippen molar-refractivity contribution < 1.29 is 27.4 Å². The van der Waals surface area contributed by atoms with Gasteiger partial charge in [0.2, 0.25) is 0 Å². The van der Waals surface area contributed by atoms with Crippen LogP contribution < -0.4 is 5.73 Å². The second kappa shape index (κ2) is 6.97. The summed E-state index contributed by atoms with van der Waals surface area (Å²) < 4.78 is 31.6. The fourth-order valence-electron chi connectivity index (χ4n) is 0.981. The van der Waals surface area contributed by atoms with Crippen LogP contribution in [0.15, 0.2) is 24.3 Å². The molecule has 17 heavy (non-hydrogen) atoms. The topological polar surface area (TPSA) is 138 Å². The Labute approximate surface area is 98.5 Å². The van der Waals surface area contributed by atoms with Crippen LogP contribution in [0.4, 0.5) is 0 Å². The summed E-state index contributed by atoms with van der Waals surface area (Å²) >= 11 is 0. The molecule has 1 aromatic rings. The van der Waals surface area contributed by atoms with Gasteiger partial charge in [0.15, 0.2) is 0 Å². The number of nitrogens with two attached hydrogens (primary N) is 1. The van der Waals surface area contributed by atoms with Gasteiger partial charge in [-0.2, -0.15) is 8.42 Å². The van der Waals surface area contributed by atoms with Gasteiger partial charge in [-0.1, -0.05) is 12.1 Å². The number of carboxylic acids is 1. The zero-order valence-corrected chi connectivity index (χ0v) is 9.59. The van der Waals surface area contributed by atoms with Crippen LogP contribution in [0.25, 0.3) is 0 Å². The lowest BCUT2D eigenvalue weighted by Crippen LogP contribution is -2.03. The summed E-state index contributed by atoms with van der Waals surface area (Å²) in [5.41, 5.74) is 6.73. The van der Waals surface area contributed by atoms with Crippen molar-refractivity contribution in [3.05, 3.63) is 35.4 Å². The number of carboxylic acid groups (broad SMARTS) is 1. The Morgan fingerprint density at radius 1 is 1.18 bits per heavy atom. The van der Waals surface area contributed by atoms with E-state index in [0.717, 1.165) is 12.0 Å². The Kier molecular flexibility index (Phi) is 6.36. The first-order valence-corrected chi connectivity index (χ1v) is 5.86. The third-order valence-corrected chi connectivity index (χ3v) is 1.63. The molecule has 7 nitrogen and oxygen atoms in total. The van der Waals surface area contributed by atoms with Crippen molar-refractivity contribution in [2.24, 2.45) is 5.73 Å². The maximum Gasteiger partial charge on any atom is 0.394 e. The third-order valence-electron chi connectivity index (χ3n) is 1.63. The van der Waals surface area contributed by atoms with Gasteiger partial charge < -0.3 is 10.8 Å². The van der Waals surface area contributed by atoms with Crippen molar-refractivity contribution in [2.45, 2.75) is 6.42 Å². The summed E-state index contributed by atoms with van der Waals surface area (Å²) in [6.07, 6.45) is 0.792. The van der Waals surface area contributed by atoms with E-state index < -0.39 is 16.4 Å².